The van der Waals surface area contributed by atoms with E-state index in [-0.39, 0.29) is 44.1 Å². The molecule has 1 aromatic rings. The average molecular weight is 321 g/mol. The summed E-state index contributed by atoms with van der Waals surface area (Å²) >= 11 is 0. The van der Waals surface area contributed by atoms with Crippen LogP contribution in [0.2, 0.25) is 0 Å². The van der Waals surface area contributed by atoms with E-state index < -0.39 is 0 Å². The van der Waals surface area contributed by atoms with Gasteiger partial charge in [0.25, 0.3) is 0 Å². The van der Waals surface area contributed by atoms with Crippen LogP contribution in [0, 0.1) is 44.1 Å². The van der Waals surface area contributed by atoms with Crippen molar-refractivity contribution in [1.29, 1.82) is 0 Å². The first-order chi connectivity index (χ1) is 3.39. The topological polar surface area (TPSA) is 20.2 Å². The quantitative estimate of drug-likeness (QED) is 0.766. The number of benzene rings is 1. The van der Waals surface area contributed by atoms with Crippen LogP contribution in [0.1, 0.15) is 0 Å². The second-order valence-corrected chi connectivity index (χ2v) is 1.34. The van der Waals surface area contributed by atoms with E-state index in [0.29, 0.717) is 5.75 Å². The van der Waals surface area contributed by atoms with Crippen molar-refractivity contribution >= 4 is 0 Å². The normalized spacial score (nSPS) is 7.50. The van der Waals surface area contributed by atoms with Gasteiger partial charge in [0.1, 0.15) is 5.75 Å². The van der Waals surface area contributed by atoms with E-state index in [1.807, 2.05) is 6.07 Å². The molecule has 0 amide bonds. The Morgan fingerprint density at radius 3 is 1.75 bits per heavy atom. The SMILES string of the molecule is Oc1ccccc1.[Ac]. The van der Waals surface area contributed by atoms with Gasteiger partial charge < -0.3 is 5.11 Å². The van der Waals surface area contributed by atoms with Gasteiger partial charge in [-0.3, -0.25) is 0 Å². The minimum Gasteiger partial charge on any atom is -0.508 e. The maximum Gasteiger partial charge on any atom is 0.115 e. The van der Waals surface area contributed by atoms with Crippen molar-refractivity contribution in [3.8, 4) is 5.75 Å². The molecule has 2 heteroatoms. The van der Waals surface area contributed by atoms with E-state index in [2.05, 4.69) is 0 Å². The van der Waals surface area contributed by atoms with E-state index in [0.717, 1.165) is 0 Å². The minimum absolute atomic E-state index is 0. The fraction of sp³-hybridized carbons (Fsp3) is 0. The summed E-state index contributed by atoms with van der Waals surface area (Å²) in [6.45, 7) is 0. The van der Waals surface area contributed by atoms with Gasteiger partial charge in [-0.1, -0.05) is 18.2 Å². The molecule has 0 aromatic heterocycles. The van der Waals surface area contributed by atoms with Crippen LogP contribution in [0.15, 0.2) is 30.3 Å². The summed E-state index contributed by atoms with van der Waals surface area (Å²) in [7, 11) is 0. The van der Waals surface area contributed by atoms with Gasteiger partial charge in [0.2, 0.25) is 0 Å². The second-order valence-electron chi connectivity index (χ2n) is 1.34. The van der Waals surface area contributed by atoms with Gasteiger partial charge in [0.05, 0.1) is 0 Å². The van der Waals surface area contributed by atoms with Gasteiger partial charge in [-0.15, -0.1) is 0 Å². The van der Waals surface area contributed by atoms with Gasteiger partial charge in [-0.2, -0.15) is 0 Å². The summed E-state index contributed by atoms with van der Waals surface area (Å²) < 4.78 is 0. The van der Waals surface area contributed by atoms with Crippen molar-refractivity contribution in [1.82, 2.24) is 0 Å². The van der Waals surface area contributed by atoms with Crippen LogP contribution in [-0.2, 0) is 0 Å². The number of hydrogen-bond acceptors (Lipinski definition) is 1. The number of aromatic hydroxyl groups is 1. The molecule has 0 heterocycles. The molecule has 1 N–H and O–H groups in total. The predicted octanol–water partition coefficient (Wildman–Crippen LogP) is 1.39. The van der Waals surface area contributed by atoms with E-state index in [4.69, 9.17) is 5.11 Å². The Morgan fingerprint density at radius 1 is 1.00 bits per heavy atom. The zero-order valence-corrected chi connectivity index (χ0v) is 9.16. The summed E-state index contributed by atoms with van der Waals surface area (Å²) in [4.78, 5) is 0. The van der Waals surface area contributed by atoms with Crippen LogP contribution in [-0.4, -0.2) is 5.11 Å². The molecule has 39 valence electrons. The van der Waals surface area contributed by atoms with Crippen molar-refractivity contribution in [3.05, 3.63) is 30.3 Å². The molecule has 0 fully saturated rings. The summed E-state index contributed by atoms with van der Waals surface area (Å²) in [6.07, 6.45) is 0. The number of rotatable bonds is 0. The van der Waals surface area contributed by atoms with E-state index in [1.165, 1.54) is 0 Å². The number of hydrogen-bond donors (Lipinski definition) is 1. The molecular formula is C6H6AcO. The molecule has 0 unspecified atom stereocenters. The van der Waals surface area contributed by atoms with Crippen LogP contribution in [0.25, 0.3) is 0 Å². The zero-order valence-electron chi connectivity index (χ0n) is 4.41. The van der Waals surface area contributed by atoms with Gasteiger partial charge in [0.15, 0.2) is 0 Å². The van der Waals surface area contributed by atoms with Crippen LogP contribution in [0.4, 0.5) is 0 Å². The molecule has 1 radical (unpaired) electrons. The Labute approximate surface area is 84.3 Å². The predicted molar refractivity (Wildman–Crippen MR) is 28.1 cm³/mol. The minimum atomic E-state index is 0. The van der Waals surface area contributed by atoms with Crippen LogP contribution < -0.4 is 0 Å². The fourth-order valence-electron chi connectivity index (χ4n) is 0.428. The smallest absolute Gasteiger partial charge is 0.115 e. The second kappa shape index (κ2) is 4.35. The standard InChI is InChI=1S/C6H6O.Ac/c7-6-4-2-1-3-5-6;/h1-5,7H;. The molecule has 1 nitrogen and oxygen atoms in total. The zero-order chi connectivity index (χ0) is 5.11. The Hall–Kier alpha value is 0.462. The molecule has 0 spiro atoms. The van der Waals surface area contributed by atoms with Crippen LogP contribution in [0.3, 0.4) is 0 Å². The van der Waals surface area contributed by atoms with Crippen molar-refractivity contribution < 1.29 is 49.2 Å². The molecule has 0 aliphatic carbocycles. The van der Waals surface area contributed by atoms with Crippen molar-refractivity contribution in [2.75, 3.05) is 0 Å². The molecule has 0 saturated carbocycles. The maximum atomic E-state index is 8.63. The van der Waals surface area contributed by atoms with Gasteiger partial charge in [-0.25, -0.2) is 0 Å². The monoisotopic (exact) mass is 321 g/mol. The summed E-state index contributed by atoms with van der Waals surface area (Å²) in [5, 5.41) is 8.63. The summed E-state index contributed by atoms with van der Waals surface area (Å²) in [5.74, 6) is 0.322. The van der Waals surface area contributed by atoms with E-state index >= 15 is 0 Å². The van der Waals surface area contributed by atoms with E-state index in [1.54, 1.807) is 24.3 Å². The average Bonchev–Trinajstić information content (AvgIpc) is 1.69. The van der Waals surface area contributed by atoms with Crippen molar-refractivity contribution in [2.45, 2.75) is 0 Å². The molecule has 0 bridgehead atoms. The third-order valence-corrected chi connectivity index (χ3v) is 0.756. The fourth-order valence-corrected chi connectivity index (χ4v) is 0.428. The number of para-hydroxylation sites is 1. The number of phenolic OH excluding ortho intramolecular Hbond substituents is 1. The number of phenols is 1. The van der Waals surface area contributed by atoms with Crippen LogP contribution >= 0.6 is 0 Å². The Bertz CT molecular complexity index is 138. The molecule has 0 saturated heterocycles. The molecule has 0 aliphatic rings. The first-order valence-corrected chi connectivity index (χ1v) is 2.13. The first kappa shape index (κ1) is 8.46. The third-order valence-electron chi connectivity index (χ3n) is 0.756. The molecule has 0 atom stereocenters. The van der Waals surface area contributed by atoms with Gasteiger partial charge >= 0.3 is 0 Å². The van der Waals surface area contributed by atoms with Gasteiger partial charge in [0, 0.05) is 44.1 Å². The van der Waals surface area contributed by atoms with Gasteiger partial charge in [-0.05, 0) is 12.1 Å². The third kappa shape index (κ3) is 2.69. The molecule has 1 rings (SSSR count). The Kier molecular flexibility index (Phi) is 4.60. The Morgan fingerprint density at radius 2 is 1.50 bits per heavy atom. The van der Waals surface area contributed by atoms with Crippen LogP contribution in [0.5, 0.6) is 5.75 Å². The molecule has 8 heavy (non-hydrogen) atoms. The summed E-state index contributed by atoms with van der Waals surface area (Å²) in [5.41, 5.74) is 0. The molecule has 0 aliphatic heterocycles. The first-order valence-electron chi connectivity index (χ1n) is 2.13. The molecule has 1 aromatic carbocycles. The van der Waals surface area contributed by atoms with E-state index in [9.17, 15) is 0 Å². The summed E-state index contributed by atoms with van der Waals surface area (Å²) in [6, 6.07) is 8.71. The maximum absolute atomic E-state index is 8.63. The van der Waals surface area contributed by atoms with Crippen molar-refractivity contribution in [2.24, 2.45) is 0 Å². The largest absolute Gasteiger partial charge is 0.508 e. The van der Waals surface area contributed by atoms with Crippen molar-refractivity contribution in [3.63, 3.8) is 0 Å². The Balaban J connectivity index is 0.000000490. The molecular weight excluding hydrogens is 315 g/mol.